The zero-order chi connectivity index (χ0) is 16.4. The molecule has 1 amide bonds. The van der Waals surface area contributed by atoms with Crippen LogP contribution in [-0.2, 0) is 10.2 Å². The van der Waals surface area contributed by atoms with E-state index in [2.05, 4.69) is 5.32 Å². The van der Waals surface area contributed by atoms with Crippen LogP contribution in [0.4, 0.5) is 10.5 Å². The molecule has 122 valence electrons. The Morgan fingerprint density at radius 3 is 2.55 bits per heavy atom. The van der Waals surface area contributed by atoms with Crippen molar-refractivity contribution in [2.45, 2.75) is 51.0 Å². The number of hydrogen-bond donors (Lipinski definition) is 2. The third-order valence-electron chi connectivity index (χ3n) is 3.91. The molecule has 1 saturated carbocycles. The minimum absolute atomic E-state index is 0.0887. The molecule has 0 bridgehead atoms. The molecular formula is C17H26N2O3. The van der Waals surface area contributed by atoms with E-state index in [4.69, 9.17) is 15.2 Å². The number of ether oxygens (including phenoxy) is 2. The van der Waals surface area contributed by atoms with Crippen LogP contribution in [0.15, 0.2) is 18.2 Å². The molecule has 5 nitrogen and oxygen atoms in total. The topological polar surface area (TPSA) is 73.6 Å². The summed E-state index contributed by atoms with van der Waals surface area (Å²) in [5.41, 5.74) is 7.17. The van der Waals surface area contributed by atoms with Crippen LogP contribution in [0.25, 0.3) is 0 Å². The minimum atomic E-state index is -0.530. The Morgan fingerprint density at radius 2 is 2.05 bits per heavy atom. The molecule has 1 aromatic rings. The maximum Gasteiger partial charge on any atom is 0.412 e. The molecule has 1 aromatic carbocycles. The summed E-state index contributed by atoms with van der Waals surface area (Å²) in [6.07, 6.45) is 2.66. The standard InChI is InChI=1S/C17H26N2O3/c1-16(2,3)22-15(20)19-14-11-12(21-4)5-6-13(14)17(7-8-17)9-10-18/h5-6,11H,7-10,18H2,1-4H3,(H,19,20). The molecule has 0 saturated heterocycles. The first-order chi connectivity index (χ1) is 10.3. The highest BCUT2D eigenvalue weighted by atomic mass is 16.6. The van der Waals surface area contributed by atoms with Crippen molar-refractivity contribution >= 4 is 11.8 Å². The summed E-state index contributed by atoms with van der Waals surface area (Å²) in [6, 6.07) is 5.79. The van der Waals surface area contributed by atoms with Gasteiger partial charge in [-0.05, 0) is 63.6 Å². The lowest BCUT2D eigenvalue weighted by atomic mass is 9.90. The molecular weight excluding hydrogens is 280 g/mol. The Kier molecular flexibility index (Phi) is 4.66. The van der Waals surface area contributed by atoms with Gasteiger partial charge in [0.15, 0.2) is 0 Å². The number of methoxy groups -OCH3 is 1. The quantitative estimate of drug-likeness (QED) is 0.874. The highest BCUT2D eigenvalue weighted by molar-refractivity contribution is 5.87. The fourth-order valence-electron chi connectivity index (χ4n) is 2.71. The summed E-state index contributed by atoms with van der Waals surface area (Å²) < 4.78 is 10.6. The van der Waals surface area contributed by atoms with E-state index in [0.29, 0.717) is 12.3 Å². The molecule has 1 aliphatic carbocycles. The van der Waals surface area contributed by atoms with Gasteiger partial charge >= 0.3 is 6.09 Å². The van der Waals surface area contributed by atoms with Gasteiger partial charge in [0.25, 0.3) is 0 Å². The van der Waals surface area contributed by atoms with Crippen LogP contribution in [0.2, 0.25) is 0 Å². The van der Waals surface area contributed by atoms with Gasteiger partial charge < -0.3 is 15.2 Å². The van der Waals surface area contributed by atoms with Crippen molar-refractivity contribution in [2.24, 2.45) is 5.73 Å². The summed E-state index contributed by atoms with van der Waals surface area (Å²) in [4.78, 5) is 12.1. The monoisotopic (exact) mass is 306 g/mol. The third-order valence-corrected chi connectivity index (χ3v) is 3.91. The number of anilines is 1. The Balaban J connectivity index is 2.26. The van der Waals surface area contributed by atoms with Crippen LogP contribution in [-0.4, -0.2) is 25.3 Å². The number of carbonyl (C=O) groups is 1. The third kappa shape index (κ3) is 3.91. The van der Waals surface area contributed by atoms with E-state index in [-0.39, 0.29) is 5.41 Å². The zero-order valence-electron chi connectivity index (χ0n) is 13.9. The van der Waals surface area contributed by atoms with Crippen molar-refractivity contribution in [3.8, 4) is 5.75 Å². The SMILES string of the molecule is COc1ccc(C2(CCN)CC2)c(NC(=O)OC(C)(C)C)c1. The largest absolute Gasteiger partial charge is 0.497 e. The summed E-state index contributed by atoms with van der Waals surface area (Å²) in [7, 11) is 1.61. The van der Waals surface area contributed by atoms with Gasteiger partial charge in [-0.2, -0.15) is 0 Å². The number of nitrogens with two attached hydrogens (primary N) is 1. The van der Waals surface area contributed by atoms with Gasteiger partial charge in [0.2, 0.25) is 0 Å². The predicted molar refractivity (Wildman–Crippen MR) is 87.4 cm³/mol. The lowest BCUT2D eigenvalue weighted by Crippen LogP contribution is -2.28. The first-order valence-corrected chi connectivity index (χ1v) is 7.68. The molecule has 3 N–H and O–H groups in total. The maximum absolute atomic E-state index is 12.1. The first-order valence-electron chi connectivity index (χ1n) is 7.68. The van der Waals surface area contributed by atoms with Crippen molar-refractivity contribution in [3.05, 3.63) is 23.8 Å². The van der Waals surface area contributed by atoms with E-state index in [1.807, 2.05) is 39.0 Å². The molecule has 2 rings (SSSR count). The number of amides is 1. The normalized spacial score (nSPS) is 16.0. The summed E-state index contributed by atoms with van der Waals surface area (Å²) >= 11 is 0. The first kappa shape index (κ1) is 16.6. The highest BCUT2D eigenvalue weighted by Gasteiger charge is 2.45. The minimum Gasteiger partial charge on any atom is -0.497 e. The number of carbonyl (C=O) groups excluding carboxylic acids is 1. The second-order valence-corrected chi connectivity index (χ2v) is 6.86. The van der Waals surface area contributed by atoms with Gasteiger partial charge in [-0.25, -0.2) is 4.79 Å². The Labute approximate surface area is 132 Å². The molecule has 5 heteroatoms. The lowest BCUT2D eigenvalue weighted by molar-refractivity contribution is 0.0635. The lowest BCUT2D eigenvalue weighted by Gasteiger charge is -2.23. The smallest absolute Gasteiger partial charge is 0.412 e. The van der Waals surface area contributed by atoms with E-state index in [9.17, 15) is 4.79 Å². The Bertz CT molecular complexity index is 545. The van der Waals surface area contributed by atoms with E-state index in [1.54, 1.807) is 7.11 Å². The molecule has 0 aliphatic heterocycles. The van der Waals surface area contributed by atoms with E-state index < -0.39 is 11.7 Å². The van der Waals surface area contributed by atoms with Crippen molar-refractivity contribution < 1.29 is 14.3 Å². The van der Waals surface area contributed by atoms with Crippen LogP contribution >= 0.6 is 0 Å². The molecule has 1 fully saturated rings. The average Bonchev–Trinajstić information content (AvgIpc) is 3.17. The summed E-state index contributed by atoms with van der Waals surface area (Å²) in [5.74, 6) is 0.707. The molecule has 0 aromatic heterocycles. The van der Waals surface area contributed by atoms with Crippen molar-refractivity contribution in [1.82, 2.24) is 0 Å². The maximum atomic E-state index is 12.1. The fourth-order valence-corrected chi connectivity index (χ4v) is 2.71. The van der Waals surface area contributed by atoms with E-state index >= 15 is 0 Å². The second-order valence-electron chi connectivity index (χ2n) is 6.86. The van der Waals surface area contributed by atoms with Gasteiger partial charge in [-0.3, -0.25) is 5.32 Å². The number of rotatable bonds is 5. The Hall–Kier alpha value is -1.75. The molecule has 0 spiro atoms. The molecule has 0 radical (unpaired) electrons. The van der Waals surface area contributed by atoms with Crippen LogP contribution in [0.5, 0.6) is 5.75 Å². The highest BCUT2D eigenvalue weighted by Crippen LogP contribution is 2.53. The Morgan fingerprint density at radius 1 is 1.36 bits per heavy atom. The number of hydrogen-bond acceptors (Lipinski definition) is 4. The molecule has 0 unspecified atom stereocenters. The van der Waals surface area contributed by atoms with Gasteiger partial charge in [0.1, 0.15) is 11.4 Å². The van der Waals surface area contributed by atoms with Crippen LogP contribution < -0.4 is 15.8 Å². The number of nitrogens with one attached hydrogen (secondary N) is 1. The molecule has 0 heterocycles. The number of benzene rings is 1. The fraction of sp³-hybridized carbons (Fsp3) is 0.588. The van der Waals surface area contributed by atoms with Gasteiger partial charge in [0.05, 0.1) is 12.8 Å². The van der Waals surface area contributed by atoms with E-state index in [1.165, 1.54) is 0 Å². The second kappa shape index (κ2) is 6.16. The zero-order valence-corrected chi connectivity index (χ0v) is 13.9. The van der Waals surface area contributed by atoms with Crippen molar-refractivity contribution in [2.75, 3.05) is 19.0 Å². The van der Waals surface area contributed by atoms with E-state index in [0.717, 1.165) is 30.5 Å². The van der Waals surface area contributed by atoms with Gasteiger partial charge in [-0.15, -0.1) is 0 Å². The molecule has 1 aliphatic rings. The van der Waals surface area contributed by atoms with Crippen molar-refractivity contribution in [3.63, 3.8) is 0 Å². The molecule has 0 atom stereocenters. The predicted octanol–water partition coefficient (Wildman–Crippen LogP) is 3.42. The van der Waals surface area contributed by atoms with Crippen molar-refractivity contribution in [1.29, 1.82) is 0 Å². The van der Waals surface area contributed by atoms with Crippen LogP contribution in [0, 0.1) is 0 Å². The molecule has 22 heavy (non-hydrogen) atoms. The van der Waals surface area contributed by atoms with Gasteiger partial charge in [-0.1, -0.05) is 6.07 Å². The summed E-state index contributed by atoms with van der Waals surface area (Å²) in [6.45, 7) is 6.17. The van der Waals surface area contributed by atoms with Crippen LogP contribution in [0.3, 0.4) is 0 Å². The van der Waals surface area contributed by atoms with Gasteiger partial charge in [0, 0.05) is 6.07 Å². The summed E-state index contributed by atoms with van der Waals surface area (Å²) in [5, 5.41) is 2.86. The average molecular weight is 306 g/mol. The van der Waals surface area contributed by atoms with Crippen LogP contribution in [0.1, 0.15) is 45.6 Å².